The fourth-order valence-corrected chi connectivity index (χ4v) is 3.08. The monoisotopic (exact) mass is 389 g/mol. The first-order valence-corrected chi connectivity index (χ1v) is 8.04. The van der Waals surface area contributed by atoms with E-state index in [9.17, 15) is 9.59 Å². The Balaban J connectivity index is 1.61. The van der Waals surface area contributed by atoms with Gasteiger partial charge in [0, 0.05) is 30.0 Å². The zero-order chi connectivity index (χ0) is 16.8. The summed E-state index contributed by atoms with van der Waals surface area (Å²) in [7, 11) is 0. The smallest absolute Gasteiger partial charge is 0.356 e. The minimum absolute atomic E-state index is 0.00289. The minimum atomic E-state index is -1.07. The summed E-state index contributed by atoms with van der Waals surface area (Å²) in [5.74, 6) is -0.694. The number of carbonyl (C=O) groups is 2. The number of amides is 1. The molecule has 0 aromatic carbocycles. The van der Waals surface area contributed by atoms with Gasteiger partial charge in [-0.15, -0.1) is 0 Å². The lowest BCUT2D eigenvalue weighted by atomic mass is 10.3. The van der Waals surface area contributed by atoms with Crippen LogP contribution >= 0.6 is 15.9 Å². The third kappa shape index (κ3) is 2.46. The Kier molecular flexibility index (Phi) is 3.38. The molecule has 0 spiro atoms. The highest BCUT2D eigenvalue weighted by atomic mass is 79.9. The quantitative estimate of drug-likeness (QED) is 0.719. The average Bonchev–Trinajstić information content (AvgIpc) is 3.16. The van der Waals surface area contributed by atoms with Crippen LogP contribution in [0.3, 0.4) is 0 Å². The number of aromatic nitrogens is 4. The molecule has 0 saturated heterocycles. The number of carbonyl (C=O) groups excluding carboxylic acids is 1. The van der Waals surface area contributed by atoms with Gasteiger partial charge in [-0.3, -0.25) is 4.79 Å². The first kappa shape index (κ1) is 14.9. The topological polar surface area (TPSA) is 92.7 Å². The minimum Gasteiger partial charge on any atom is -0.476 e. The summed E-state index contributed by atoms with van der Waals surface area (Å²) < 4.78 is 4.29. The van der Waals surface area contributed by atoms with E-state index in [1.165, 1.54) is 6.20 Å². The van der Waals surface area contributed by atoms with Gasteiger partial charge in [-0.25, -0.2) is 14.3 Å². The van der Waals surface area contributed by atoms with Crippen LogP contribution in [0.4, 0.5) is 0 Å². The predicted molar refractivity (Wildman–Crippen MR) is 86.8 cm³/mol. The van der Waals surface area contributed by atoms with Crippen LogP contribution in [-0.2, 0) is 13.1 Å². The van der Waals surface area contributed by atoms with Gasteiger partial charge >= 0.3 is 5.97 Å². The van der Waals surface area contributed by atoms with Gasteiger partial charge in [-0.1, -0.05) is 0 Å². The van der Waals surface area contributed by atoms with Crippen LogP contribution < -0.4 is 0 Å². The maximum Gasteiger partial charge on any atom is 0.356 e. The number of halogens is 1. The van der Waals surface area contributed by atoms with E-state index < -0.39 is 5.97 Å². The van der Waals surface area contributed by atoms with Gasteiger partial charge in [-0.05, 0) is 34.1 Å². The second-order valence-corrected chi connectivity index (χ2v) is 6.43. The molecule has 4 rings (SSSR count). The first-order valence-electron chi connectivity index (χ1n) is 7.25. The van der Waals surface area contributed by atoms with Crippen molar-refractivity contribution in [3.63, 3.8) is 0 Å². The number of hydrogen-bond acceptors (Lipinski definition) is 4. The highest BCUT2D eigenvalue weighted by Gasteiger charge is 2.26. The molecule has 1 amide bonds. The highest BCUT2D eigenvalue weighted by Crippen LogP contribution is 2.18. The third-order valence-corrected chi connectivity index (χ3v) is 4.42. The van der Waals surface area contributed by atoms with Crippen molar-refractivity contribution < 1.29 is 14.7 Å². The summed E-state index contributed by atoms with van der Waals surface area (Å²) in [6.45, 7) is 1.27. The van der Waals surface area contributed by atoms with E-state index in [0.29, 0.717) is 24.6 Å². The number of aromatic carboxylic acids is 1. The Bertz CT molecular complexity index is 977. The van der Waals surface area contributed by atoms with Gasteiger partial charge in [0.25, 0.3) is 5.91 Å². The van der Waals surface area contributed by atoms with Crippen LogP contribution in [0.2, 0.25) is 0 Å². The Hall–Kier alpha value is -2.68. The molecule has 0 unspecified atom stereocenters. The molecule has 24 heavy (non-hydrogen) atoms. The summed E-state index contributed by atoms with van der Waals surface area (Å²) in [6.07, 6.45) is 3.29. The van der Waals surface area contributed by atoms with Crippen molar-refractivity contribution in [3.05, 3.63) is 52.3 Å². The van der Waals surface area contributed by atoms with E-state index >= 15 is 0 Å². The molecule has 4 heterocycles. The summed E-state index contributed by atoms with van der Waals surface area (Å²) in [5, 5.41) is 13.3. The summed E-state index contributed by atoms with van der Waals surface area (Å²) >= 11 is 3.37. The van der Waals surface area contributed by atoms with Crippen LogP contribution in [-0.4, -0.2) is 47.6 Å². The van der Waals surface area contributed by atoms with E-state index in [0.717, 1.165) is 9.99 Å². The fourth-order valence-electron chi connectivity index (χ4n) is 2.76. The van der Waals surface area contributed by atoms with Gasteiger partial charge in [0.05, 0.1) is 12.1 Å². The van der Waals surface area contributed by atoms with Crippen LogP contribution in [0.1, 0.15) is 26.8 Å². The molecule has 0 radical (unpaired) electrons. The van der Waals surface area contributed by atoms with Crippen molar-refractivity contribution in [2.45, 2.75) is 13.1 Å². The SMILES string of the molecule is O=C(O)c1cn2c(n1)CN(C(=O)c1cc3ccc(Br)cn3n1)CC2. The largest absolute Gasteiger partial charge is 0.476 e. The van der Waals surface area contributed by atoms with Gasteiger partial charge in [-0.2, -0.15) is 5.10 Å². The summed E-state index contributed by atoms with van der Waals surface area (Å²) in [4.78, 5) is 29.4. The predicted octanol–water partition coefficient (Wildman–Crippen LogP) is 1.65. The number of carboxylic acid groups (broad SMARTS) is 1. The maximum absolute atomic E-state index is 12.7. The molecule has 3 aromatic rings. The molecular formula is C15H12BrN5O3. The number of carboxylic acids is 1. The summed E-state index contributed by atoms with van der Waals surface area (Å²) in [6, 6.07) is 5.49. The normalized spacial score (nSPS) is 14.0. The number of imidazole rings is 1. The number of fused-ring (bicyclic) bond motifs is 2. The van der Waals surface area contributed by atoms with Crippen molar-refractivity contribution in [1.82, 2.24) is 24.1 Å². The van der Waals surface area contributed by atoms with E-state index in [1.807, 2.05) is 12.1 Å². The fraction of sp³-hybridized carbons (Fsp3) is 0.200. The summed E-state index contributed by atoms with van der Waals surface area (Å²) in [5.41, 5.74) is 1.18. The molecule has 1 aliphatic heterocycles. The Morgan fingerprint density at radius 3 is 2.79 bits per heavy atom. The van der Waals surface area contributed by atoms with E-state index in [2.05, 4.69) is 26.0 Å². The molecule has 0 bridgehead atoms. The molecule has 0 fully saturated rings. The standard InChI is InChI=1S/C15H12BrN5O3/c16-9-1-2-10-5-11(18-21(10)6-9)14(22)20-4-3-19-7-12(15(23)24)17-13(19)8-20/h1-2,5-7H,3-4,8H2,(H,23,24). The lowest BCUT2D eigenvalue weighted by Crippen LogP contribution is -2.38. The van der Waals surface area contributed by atoms with Gasteiger partial charge in [0.15, 0.2) is 11.4 Å². The number of pyridine rings is 1. The zero-order valence-electron chi connectivity index (χ0n) is 12.4. The van der Waals surface area contributed by atoms with Crippen molar-refractivity contribution in [1.29, 1.82) is 0 Å². The van der Waals surface area contributed by atoms with Gasteiger partial charge < -0.3 is 14.6 Å². The van der Waals surface area contributed by atoms with E-state index in [-0.39, 0.29) is 18.1 Å². The highest BCUT2D eigenvalue weighted by molar-refractivity contribution is 9.10. The van der Waals surface area contributed by atoms with Crippen LogP contribution in [0.15, 0.2) is 35.1 Å². The van der Waals surface area contributed by atoms with Gasteiger partial charge in [0.2, 0.25) is 0 Å². The molecule has 8 nitrogen and oxygen atoms in total. The number of hydrogen-bond donors (Lipinski definition) is 1. The molecule has 0 aliphatic carbocycles. The van der Waals surface area contributed by atoms with Crippen LogP contribution in [0, 0.1) is 0 Å². The second-order valence-electron chi connectivity index (χ2n) is 5.51. The van der Waals surface area contributed by atoms with Crippen molar-refractivity contribution >= 4 is 33.3 Å². The maximum atomic E-state index is 12.7. The van der Waals surface area contributed by atoms with Crippen molar-refractivity contribution in [2.75, 3.05) is 6.54 Å². The molecule has 1 N–H and O–H groups in total. The molecule has 3 aromatic heterocycles. The third-order valence-electron chi connectivity index (χ3n) is 3.95. The molecule has 9 heteroatoms. The van der Waals surface area contributed by atoms with Crippen molar-refractivity contribution in [2.24, 2.45) is 0 Å². The lowest BCUT2D eigenvalue weighted by molar-refractivity contribution is 0.0689. The number of nitrogens with zero attached hydrogens (tertiary/aromatic N) is 5. The molecule has 0 atom stereocenters. The van der Waals surface area contributed by atoms with E-state index in [1.54, 1.807) is 26.2 Å². The molecule has 1 aliphatic rings. The molecule has 0 saturated carbocycles. The Labute approximate surface area is 144 Å². The van der Waals surface area contributed by atoms with Gasteiger partial charge in [0.1, 0.15) is 5.82 Å². The first-order chi connectivity index (χ1) is 11.5. The average molecular weight is 390 g/mol. The lowest BCUT2D eigenvalue weighted by Gasteiger charge is -2.26. The van der Waals surface area contributed by atoms with Crippen LogP contribution in [0.5, 0.6) is 0 Å². The van der Waals surface area contributed by atoms with E-state index in [4.69, 9.17) is 5.11 Å². The second kappa shape index (κ2) is 5.45. The molecular weight excluding hydrogens is 378 g/mol. The Morgan fingerprint density at radius 2 is 2.00 bits per heavy atom. The van der Waals surface area contributed by atoms with Crippen molar-refractivity contribution in [3.8, 4) is 0 Å². The zero-order valence-corrected chi connectivity index (χ0v) is 14.0. The van der Waals surface area contributed by atoms with Crippen LogP contribution in [0.25, 0.3) is 5.52 Å². The Morgan fingerprint density at radius 1 is 1.17 bits per heavy atom. The molecule has 122 valence electrons. The number of rotatable bonds is 2.